The van der Waals surface area contributed by atoms with Crippen LogP contribution in [-0.4, -0.2) is 21.5 Å². The molecule has 1 rings (SSSR count). The van der Waals surface area contributed by atoms with Gasteiger partial charge in [-0.15, -0.1) is 11.3 Å². The van der Waals surface area contributed by atoms with Gasteiger partial charge < -0.3 is 0 Å². The van der Waals surface area contributed by atoms with Crippen molar-refractivity contribution in [3.8, 4) is 0 Å². The van der Waals surface area contributed by atoms with E-state index in [0.29, 0.717) is 17.2 Å². The van der Waals surface area contributed by atoms with Gasteiger partial charge in [0.1, 0.15) is 4.21 Å². The van der Waals surface area contributed by atoms with E-state index in [4.69, 9.17) is 5.53 Å². The highest BCUT2D eigenvalue weighted by molar-refractivity contribution is 7.91. The van der Waals surface area contributed by atoms with Crippen LogP contribution in [0.3, 0.4) is 0 Å². The summed E-state index contributed by atoms with van der Waals surface area (Å²) < 4.78 is 25.8. The van der Waals surface area contributed by atoms with Gasteiger partial charge in [0, 0.05) is 18.0 Å². The van der Waals surface area contributed by atoms with Gasteiger partial charge in [0.25, 0.3) is 0 Å². The van der Waals surface area contributed by atoms with E-state index in [9.17, 15) is 8.42 Å². The number of hydrogen-bond donors (Lipinski definition) is 1. The topological polar surface area (TPSA) is 94.9 Å². The summed E-state index contributed by atoms with van der Waals surface area (Å²) in [5.74, 6) is 0. The van der Waals surface area contributed by atoms with E-state index < -0.39 is 10.0 Å². The zero-order valence-corrected chi connectivity index (χ0v) is 9.46. The number of sulfonamides is 1. The summed E-state index contributed by atoms with van der Waals surface area (Å²) in [6.45, 7) is 0.572. The van der Waals surface area contributed by atoms with E-state index in [1.54, 1.807) is 17.5 Å². The van der Waals surface area contributed by atoms with Gasteiger partial charge in [-0.05, 0) is 23.4 Å². The first kappa shape index (κ1) is 12.0. The molecule has 0 aliphatic carbocycles. The van der Waals surface area contributed by atoms with Crippen molar-refractivity contribution in [1.82, 2.24) is 4.72 Å². The van der Waals surface area contributed by atoms with Crippen LogP contribution in [0.25, 0.3) is 10.4 Å². The second-order valence-electron chi connectivity index (χ2n) is 2.64. The molecule has 0 saturated heterocycles. The van der Waals surface area contributed by atoms with Crippen molar-refractivity contribution < 1.29 is 8.42 Å². The van der Waals surface area contributed by atoms with Crippen LogP contribution in [0.4, 0.5) is 0 Å². The minimum Gasteiger partial charge on any atom is -0.210 e. The Hall–Kier alpha value is -1.08. The highest BCUT2D eigenvalue weighted by atomic mass is 32.2. The number of hydrogen-bond acceptors (Lipinski definition) is 4. The summed E-state index contributed by atoms with van der Waals surface area (Å²) >= 11 is 1.17. The molecule has 0 atom stereocenters. The lowest BCUT2D eigenvalue weighted by molar-refractivity contribution is 0.581. The largest absolute Gasteiger partial charge is 0.250 e. The molecular formula is C7H10N4O2S2. The van der Waals surface area contributed by atoms with Crippen molar-refractivity contribution >= 4 is 21.4 Å². The van der Waals surface area contributed by atoms with Crippen LogP contribution in [0.15, 0.2) is 26.8 Å². The Labute approximate surface area is 91.6 Å². The lowest BCUT2D eigenvalue weighted by Crippen LogP contribution is -2.24. The van der Waals surface area contributed by atoms with Crippen molar-refractivity contribution in [2.24, 2.45) is 5.11 Å². The fourth-order valence-corrected chi connectivity index (χ4v) is 3.00. The van der Waals surface area contributed by atoms with Crippen molar-refractivity contribution in [1.29, 1.82) is 0 Å². The lowest BCUT2D eigenvalue weighted by Gasteiger charge is -2.02. The molecule has 0 aromatic carbocycles. The van der Waals surface area contributed by atoms with Crippen LogP contribution in [-0.2, 0) is 10.0 Å². The van der Waals surface area contributed by atoms with E-state index in [2.05, 4.69) is 14.7 Å². The zero-order valence-electron chi connectivity index (χ0n) is 7.83. The average Bonchev–Trinajstić information content (AvgIpc) is 2.70. The first-order chi connectivity index (χ1) is 7.17. The van der Waals surface area contributed by atoms with Crippen LogP contribution in [0, 0.1) is 0 Å². The molecular weight excluding hydrogens is 236 g/mol. The number of rotatable bonds is 6. The van der Waals surface area contributed by atoms with Gasteiger partial charge in [-0.3, -0.25) is 0 Å². The van der Waals surface area contributed by atoms with Crippen LogP contribution >= 0.6 is 11.3 Å². The van der Waals surface area contributed by atoms with Gasteiger partial charge in [0.05, 0.1) is 0 Å². The maximum absolute atomic E-state index is 11.5. The first-order valence-corrected chi connectivity index (χ1v) is 6.57. The van der Waals surface area contributed by atoms with Gasteiger partial charge in [0.2, 0.25) is 10.0 Å². The van der Waals surface area contributed by atoms with E-state index in [1.165, 1.54) is 11.3 Å². The molecule has 0 saturated carbocycles. The van der Waals surface area contributed by atoms with Gasteiger partial charge in [-0.1, -0.05) is 11.2 Å². The molecule has 1 heterocycles. The summed E-state index contributed by atoms with van der Waals surface area (Å²) in [4.78, 5) is 2.57. The molecule has 0 unspecified atom stereocenters. The molecule has 8 heteroatoms. The first-order valence-electron chi connectivity index (χ1n) is 4.21. The molecule has 0 bridgehead atoms. The average molecular weight is 246 g/mol. The molecule has 6 nitrogen and oxygen atoms in total. The molecule has 1 aromatic heterocycles. The Bertz CT molecular complexity index is 434. The number of thiophene rings is 1. The van der Waals surface area contributed by atoms with E-state index in [-0.39, 0.29) is 6.54 Å². The molecule has 82 valence electrons. The Kier molecular flexibility index (Phi) is 4.57. The quantitative estimate of drug-likeness (QED) is 0.358. The Morgan fingerprint density at radius 2 is 2.40 bits per heavy atom. The van der Waals surface area contributed by atoms with Crippen molar-refractivity contribution in [2.75, 3.05) is 13.1 Å². The van der Waals surface area contributed by atoms with E-state index in [0.717, 1.165) is 0 Å². The Morgan fingerprint density at radius 1 is 1.60 bits per heavy atom. The molecule has 0 radical (unpaired) electrons. The van der Waals surface area contributed by atoms with Gasteiger partial charge in [-0.2, -0.15) is 0 Å². The van der Waals surface area contributed by atoms with Gasteiger partial charge >= 0.3 is 0 Å². The zero-order chi connectivity index (χ0) is 11.1. The smallest absolute Gasteiger partial charge is 0.210 e. The maximum atomic E-state index is 11.5. The fourth-order valence-electron chi connectivity index (χ4n) is 0.889. The second-order valence-corrected chi connectivity index (χ2v) is 5.58. The number of azide groups is 1. The standard InChI is InChI=1S/C7H10N4O2S2/c8-11-9-4-2-5-10-15(12,13)7-3-1-6-14-7/h1,3,6,10H,2,4-5H2. The minimum atomic E-state index is -3.37. The third-order valence-corrected chi connectivity index (χ3v) is 4.41. The number of nitrogens with one attached hydrogen (secondary N) is 1. The Morgan fingerprint density at radius 3 is 3.00 bits per heavy atom. The molecule has 1 N–H and O–H groups in total. The molecule has 15 heavy (non-hydrogen) atoms. The summed E-state index contributed by atoms with van der Waals surface area (Å²) in [6, 6.07) is 3.22. The summed E-state index contributed by atoms with van der Waals surface area (Å²) in [6.07, 6.45) is 0.495. The fraction of sp³-hybridized carbons (Fsp3) is 0.429. The normalized spacial score (nSPS) is 10.9. The van der Waals surface area contributed by atoms with Crippen LogP contribution < -0.4 is 4.72 Å². The van der Waals surface area contributed by atoms with E-state index >= 15 is 0 Å². The minimum absolute atomic E-state index is 0.277. The van der Waals surface area contributed by atoms with Crippen molar-refractivity contribution in [3.05, 3.63) is 28.0 Å². The molecule has 0 aliphatic rings. The van der Waals surface area contributed by atoms with Gasteiger partial charge in [0.15, 0.2) is 0 Å². The van der Waals surface area contributed by atoms with Gasteiger partial charge in [-0.25, -0.2) is 13.1 Å². The highest BCUT2D eigenvalue weighted by Crippen LogP contribution is 2.14. The molecule has 1 aromatic rings. The monoisotopic (exact) mass is 246 g/mol. The Balaban J connectivity index is 2.41. The predicted octanol–water partition coefficient (Wildman–Crippen LogP) is 1.73. The van der Waals surface area contributed by atoms with Crippen LogP contribution in [0.5, 0.6) is 0 Å². The summed E-state index contributed by atoms with van der Waals surface area (Å²) in [5.41, 5.74) is 8.00. The maximum Gasteiger partial charge on any atom is 0.250 e. The third-order valence-electron chi connectivity index (χ3n) is 1.55. The highest BCUT2D eigenvalue weighted by Gasteiger charge is 2.13. The number of nitrogens with zero attached hydrogens (tertiary/aromatic N) is 3. The predicted molar refractivity (Wildman–Crippen MR) is 58.1 cm³/mol. The van der Waals surface area contributed by atoms with E-state index in [1.807, 2.05) is 0 Å². The van der Waals surface area contributed by atoms with Crippen molar-refractivity contribution in [2.45, 2.75) is 10.6 Å². The molecule has 0 fully saturated rings. The molecule has 0 spiro atoms. The van der Waals surface area contributed by atoms with Crippen LogP contribution in [0.1, 0.15) is 6.42 Å². The second kappa shape index (κ2) is 5.72. The lowest BCUT2D eigenvalue weighted by atomic mass is 10.4. The van der Waals surface area contributed by atoms with Crippen molar-refractivity contribution in [3.63, 3.8) is 0 Å². The summed E-state index contributed by atoms with van der Waals surface area (Å²) in [7, 11) is -3.37. The summed E-state index contributed by atoms with van der Waals surface area (Å²) in [5, 5.41) is 5.01. The SMILES string of the molecule is [N-]=[N+]=NCCCNS(=O)(=O)c1cccs1. The molecule has 0 amide bonds. The third kappa shape index (κ3) is 3.88. The molecule has 0 aliphatic heterocycles. The van der Waals surface area contributed by atoms with Crippen LogP contribution in [0.2, 0.25) is 0 Å².